The van der Waals surface area contributed by atoms with Gasteiger partial charge in [-0.3, -0.25) is 14.5 Å². The second kappa shape index (κ2) is 9.95. The molecule has 0 saturated carbocycles. The molecule has 0 radical (unpaired) electrons. The highest BCUT2D eigenvalue weighted by molar-refractivity contribution is 8.26. The second-order valence-corrected chi connectivity index (χ2v) is 8.46. The van der Waals surface area contributed by atoms with Gasteiger partial charge < -0.3 is 5.11 Å². The van der Waals surface area contributed by atoms with Crippen LogP contribution >= 0.6 is 24.0 Å². The van der Waals surface area contributed by atoms with E-state index in [1.54, 1.807) is 30.3 Å². The zero-order chi connectivity index (χ0) is 21.7. The number of unbranched alkanes of at least 4 members (excludes halogenated alkanes) is 2. The molecule has 0 aromatic heterocycles. The molecule has 8 heteroatoms. The fraction of sp³-hybridized carbons (Fsp3) is 0.227. The maximum absolute atomic E-state index is 14.1. The molecule has 1 N–H and O–H groups in total. The summed E-state index contributed by atoms with van der Waals surface area (Å²) in [5, 5.41) is 8.67. The van der Waals surface area contributed by atoms with Gasteiger partial charge in [-0.05, 0) is 54.3 Å². The van der Waals surface area contributed by atoms with E-state index < -0.39 is 17.6 Å². The van der Waals surface area contributed by atoms with Gasteiger partial charge in [-0.15, -0.1) is 0 Å². The summed E-state index contributed by atoms with van der Waals surface area (Å²) < 4.78 is 28.0. The number of benzene rings is 2. The third kappa shape index (κ3) is 5.52. The molecule has 1 amide bonds. The predicted octanol–water partition coefficient (Wildman–Crippen LogP) is 5.48. The Hall–Kier alpha value is -2.58. The average Bonchev–Trinajstić information content (AvgIpc) is 2.96. The normalized spacial score (nSPS) is 15.3. The van der Waals surface area contributed by atoms with Crippen molar-refractivity contribution in [3.8, 4) is 11.1 Å². The minimum Gasteiger partial charge on any atom is -0.481 e. The highest BCUT2D eigenvalue weighted by Crippen LogP contribution is 2.33. The van der Waals surface area contributed by atoms with Crippen molar-refractivity contribution in [2.75, 3.05) is 6.54 Å². The molecule has 3 rings (SSSR count). The van der Waals surface area contributed by atoms with Crippen LogP contribution in [0.15, 0.2) is 47.4 Å². The van der Waals surface area contributed by atoms with Crippen LogP contribution in [-0.2, 0) is 9.59 Å². The average molecular weight is 448 g/mol. The largest absolute Gasteiger partial charge is 0.481 e. The number of amides is 1. The molecule has 1 saturated heterocycles. The lowest BCUT2D eigenvalue weighted by Crippen LogP contribution is -2.29. The van der Waals surface area contributed by atoms with Crippen molar-refractivity contribution >= 4 is 46.3 Å². The highest BCUT2D eigenvalue weighted by Gasteiger charge is 2.31. The molecule has 30 heavy (non-hydrogen) atoms. The number of aliphatic carboxylic acids is 1. The molecule has 2 aromatic carbocycles. The first-order valence-electron chi connectivity index (χ1n) is 9.38. The number of nitrogens with zero attached hydrogens (tertiary/aromatic N) is 1. The topological polar surface area (TPSA) is 57.6 Å². The molecule has 1 fully saturated rings. The van der Waals surface area contributed by atoms with Crippen molar-refractivity contribution in [3.63, 3.8) is 0 Å². The molecule has 1 aliphatic rings. The van der Waals surface area contributed by atoms with Gasteiger partial charge in [0.05, 0.1) is 4.91 Å². The van der Waals surface area contributed by atoms with Crippen LogP contribution in [-0.4, -0.2) is 32.7 Å². The van der Waals surface area contributed by atoms with Gasteiger partial charge in [0, 0.05) is 18.5 Å². The summed E-state index contributed by atoms with van der Waals surface area (Å²) >= 11 is 6.50. The van der Waals surface area contributed by atoms with E-state index in [0.717, 1.165) is 18.2 Å². The highest BCUT2D eigenvalue weighted by atomic mass is 32.2. The first-order chi connectivity index (χ1) is 14.3. The number of hydrogen-bond donors (Lipinski definition) is 1. The van der Waals surface area contributed by atoms with E-state index in [1.807, 2.05) is 0 Å². The Morgan fingerprint density at radius 3 is 2.70 bits per heavy atom. The van der Waals surface area contributed by atoms with E-state index in [-0.39, 0.29) is 17.9 Å². The van der Waals surface area contributed by atoms with Crippen LogP contribution in [0.5, 0.6) is 0 Å². The van der Waals surface area contributed by atoms with Gasteiger partial charge in [0.25, 0.3) is 5.91 Å². The van der Waals surface area contributed by atoms with Crippen LogP contribution in [0.3, 0.4) is 0 Å². The summed E-state index contributed by atoms with van der Waals surface area (Å²) in [6, 6.07) is 10.1. The number of hydrogen-bond acceptors (Lipinski definition) is 4. The Kier molecular flexibility index (Phi) is 7.33. The summed E-state index contributed by atoms with van der Waals surface area (Å²) in [6.07, 6.45) is 3.72. The lowest BCUT2D eigenvalue weighted by Gasteiger charge is -2.13. The van der Waals surface area contributed by atoms with E-state index >= 15 is 0 Å². The quantitative estimate of drug-likeness (QED) is 0.330. The second-order valence-electron chi connectivity index (χ2n) is 6.79. The molecule has 2 aromatic rings. The molecule has 4 nitrogen and oxygen atoms in total. The lowest BCUT2D eigenvalue weighted by molar-refractivity contribution is -0.137. The lowest BCUT2D eigenvalue weighted by atomic mass is 10.0. The van der Waals surface area contributed by atoms with Gasteiger partial charge in [0.1, 0.15) is 16.0 Å². The molecule has 156 valence electrons. The van der Waals surface area contributed by atoms with Crippen molar-refractivity contribution in [1.82, 2.24) is 4.90 Å². The molecule has 1 aliphatic heterocycles. The van der Waals surface area contributed by atoms with Crippen LogP contribution < -0.4 is 0 Å². The van der Waals surface area contributed by atoms with E-state index in [9.17, 15) is 18.4 Å². The van der Waals surface area contributed by atoms with Gasteiger partial charge in [-0.25, -0.2) is 8.78 Å². The van der Waals surface area contributed by atoms with Crippen molar-refractivity contribution in [3.05, 3.63) is 64.6 Å². The van der Waals surface area contributed by atoms with Crippen molar-refractivity contribution in [1.29, 1.82) is 0 Å². The van der Waals surface area contributed by atoms with E-state index in [2.05, 4.69) is 0 Å². The summed E-state index contributed by atoms with van der Waals surface area (Å²) in [5.41, 5.74) is 1.34. The fourth-order valence-corrected chi connectivity index (χ4v) is 4.39. The first-order valence-corrected chi connectivity index (χ1v) is 10.6. The summed E-state index contributed by atoms with van der Waals surface area (Å²) in [4.78, 5) is 25.2. The Bertz CT molecular complexity index is 1020. The number of carboxylic acid groups (broad SMARTS) is 1. The third-order valence-electron chi connectivity index (χ3n) is 4.57. The number of thioether (sulfide) groups is 1. The van der Waals surface area contributed by atoms with Crippen molar-refractivity contribution in [2.24, 2.45) is 0 Å². The van der Waals surface area contributed by atoms with Gasteiger partial charge in [0.2, 0.25) is 0 Å². The maximum Gasteiger partial charge on any atom is 0.303 e. The molecular weight excluding hydrogens is 428 g/mol. The molecule has 0 bridgehead atoms. The number of rotatable bonds is 8. The van der Waals surface area contributed by atoms with Crippen molar-refractivity contribution in [2.45, 2.75) is 25.7 Å². The Morgan fingerprint density at radius 1 is 1.13 bits per heavy atom. The van der Waals surface area contributed by atoms with Gasteiger partial charge >= 0.3 is 5.97 Å². The van der Waals surface area contributed by atoms with E-state index in [1.165, 1.54) is 16.7 Å². The zero-order valence-corrected chi connectivity index (χ0v) is 17.6. The van der Waals surface area contributed by atoms with Gasteiger partial charge in [0.15, 0.2) is 0 Å². The van der Waals surface area contributed by atoms with E-state index in [4.69, 9.17) is 17.3 Å². The van der Waals surface area contributed by atoms with Crippen LogP contribution in [0.2, 0.25) is 0 Å². The summed E-state index contributed by atoms with van der Waals surface area (Å²) in [6.45, 7) is 0.441. The minimum atomic E-state index is -0.830. The molecule has 0 unspecified atom stereocenters. The van der Waals surface area contributed by atoms with Gasteiger partial charge in [-0.2, -0.15) is 0 Å². The summed E-state index contributed by atoms with van der Waals surface area (Å²) in [5.74, 6) is -2.08. The maximum atomic E-state index is 14.1. The predicted molar refractivity (Wildman–Crippen MR) is 118 cm³/mol. The third-order valence-corrected chi connectivity index (χ3v) is 5.95. The van der Waals surface area contributed by atoms with Crippen molar-refractivity contribution < 1.29 is 23.5 Å². The van der Waals surface area contributed by atoms with Crippen LogP contribution in [0.4, 0.5) is 8.78 Å². The number of carbonyl (C=O) groups is 2. The summed E-state index contributed by atoms with van der Waals surface area (Å²) in [7, 11) is 0. The molecule has 0 atom stereocenters. The molecule has 0 aliphatic carbocycles. The Balaban J connectivity index is 1.71. The smallest absolute Gasteiger partial charge is 0.303 e. The van der Waals surface area contributed by atoms with Gasteiger partial charge in [-0.1, -0.05) is 48.6 Å². The Morgan fingerprint density at radius 2 is 1.93 bits per heavy atom. The fourth-order valence-electron chi connectivity index (χ4n) is 3.08. The molecular formula is C22H19F2NO3S2. The minimum absolute atomic E-state index is 0.112. The number of halogens is 2. The van der Waals surface area contributed by atoms with Crippen LogP contribution in [0.25, 0.3) is 17.2 Å². The monoisotopic (exact) mass is 447 g/mol. The van der Waals surface area contributed by atoms with Crippen LogP contribution in [0, 0.1) is 11.6 Å². The SMILES string of the molecule is O=C(O)CCCCCN1C(=O)C(=Cc2cccc(-c3cc(F)ccc3F)c2)SC1=S. The molecule has 1 heterocycles. The van der Waals surface area contributed by atoms with Crippen LogP contribution in [0.1, 0.15) is 31.2 Å². The zero-order valence-electron chi connectivity index (χ0n) is 15.9. The molecule has 0 spiro atoms. The standard InChI is InChI=1S/C22H19F2NO3S2/c23-16-8-9-18(24)17(13-16)15-6-4-5-14(11-15)12-19-21(28)25(22(29)30-19)10-3-1-2-7-20(26)27/h4-6,8-9,11-13H,1-3,7,10H2,(H,26,27). The number of thiocarbonyl (C=S) groups is 1. The van der Waals surface area contributed by atoms with E-state index in [0.29, 0.717) is 46.2 Å². The number of carbonyl (C=O) groups excluding carboxylic acids is 1. The first kappa shape index (κ1) is 22.1. The Labute approximate surface area is 182 Å². The number of carboxylic acids is 1.